The van der Waals surface area contributed by atoms with E-state index in [1.54, 1.807) is 12.1 Å². The second kappa shape index (κ2) is 7.49. The van der Waals surface area contributed by atoms with Gasteiger partial charge in [-0.15, -0.1) is 0 Å². The molecule has 0 bridgehead atoms. The molecule has 0 aromatic heterocycles. The van der Waals surface area contributed by atoms with Gasteiger partial charge in [-0.1, -0.05) is 22.7 Å². The average Bonchev–Trinajstić information content (AvgIpc) is 2.50. The highest BCUT2D eigenvalue weighted by Crippen LogP contribution is 2.19. The molecule has 0 unspecified atom stereocenters. The average molecular weight is 356 g/mol. The molecule has 4 nitrogen and oxygen atoms in total. The number of hydrogen-bond acceptors (Lipinski definition) is 3. The molecule has 0 atom stereocenters. The fourth-order valence-electron chi connectivity index (χ4n) is 2.56. The lowest BCUT2D eigenvalue weighted by atomic mass is 10.0. The number of rotatable bonds is 5. The second-order valence-electron chi connectivity index (χ2n) is 6.00. The normalized spacial score (nSPS) is 15.9. The van der Waals surface area contributed by atoms with Gasteiger partial charge in [-0.05, 0) is 51.0 Å². The van der Waals surface area contributed by atoms with E-state index in [2.05, 4.69) is 6.92 Å². The molecule has 0 radical (unpaired) electrons. The molecule has 1 aliphatic rings. The Hall–Kier alpha value is -1.33. The van der Waals surface area contributed by atoms with Gasteiger partial charge in [-0.2, -0.15) is 0 Å². The van der Waals surface area contributed by atoms with Gasteiger partial charge in [0.15, 0.2) is 9.84 Å². The molecule has 1 aliphatic heterocycles. The molecule has 1 heterocycles. The Bertz CT molecular complexity index is 708. The summed E-state index contributed by atoms with van der Waals surface area (Å²) in [5.41, 5.74) is 2.58. The van der Waals surface area contributed by atoms with E-state index in [4.69, 9.17) is 11.6 Å². The van der Waals surface area contributed by atoms with Crippen LogP contribution in [0.2, 0.25) is 5.02 Å². The van der Waals surface area contributed by atoms with Crippen LogP contribution in [0.25, 0.3) is 0 Å². The van der Waals surface area contributed by atoms with E-state index in [0.717, 1.165) is 13.0 Å². The number of sulfone groups is 1. The first-order valence-corrected chi connectivity index (χ1v) is 9.74. The van der Waals surface area contributed by atoms with Crippen LogP contribution in [0.1, 0.15) is 33.1 Å². The fraction of sp³-hybridized carbons (Fsp3) is 0.471. The predicted octanol–water partition coefficient (Wildman–Crippen LogP) is 3.46. The summed E-state index contributed by atoms with van der Waals surface area (Å²) in [6, 6.07) is 6.12. The van der Waals surface area contributed by atoms with Crippen LogP contribution in [0.3, 0.4) is 0 Å². The van der Waals surface area contributed by atoms with Crippen molar-refractivity contribution in [2.45, 2.75) is 38.0 Å². The minimum absolute atomic E-state index is 0.0257. The van der Waals surface area contributed by atoms with Gasteiger partial charge in [0, 0.05) is 24.5 Å². The van der Waals surface area contributed by atoms with Crippen molar-refractivity contribution < 1.29 is 13.2 Å². The van der Waals surface area contributed by atoms with Gasteiger partial charge < -0.3 is 4.90 Å². The van der Waals surface area contributed by atoms with Crippen LogP contribution < -0.4 is 0 Å². The molecule has 126 valence electrons. The summed E-state index contributed by atoms with van der Waals surface area (Å²) in [4.78, 5) is 14.3. The highest BCUT2D eigenvalue weighted by atomic mass is 35.5. The molecular weight excluding hydrogens is 334 g/mol. The zero-order valence-corrected chi connectivity index (χ0v) is 15.1. The lowest BCUT2D eigenvalue weighted by Gasteiger charge is -2.28. The van der Waals surface area contributed by atoms with Gasteiger partial charge in [0.25, 0.3) is 0 Å². The second-order valence-corrected chi connectivity index (χ2v) is 8.55. The molecule has 0 fully saturated rings. The largest absolute Gasteiger partial charge is 0.338 e. The minimum Gasteiger partial charge on any atom is -0.338 e. The molecule has 6 heteroatoms. The SMILES string of the molecule is CC1=C(C)CN(C(=O)CCCS(=O)(=O)c2ccc(Cl)cc2)CC1. The fourth-order valence-corrected chi connectivity index (χ4v) is 4.00. The molecular formula is C17H22ClNO3S. The Morgan fingerprint density at radius 3 is 2.43 bits per heavy atom. The van der Waals surface area contributed by atoms with Gasteiger partial charge in [-0.3, -0.25) is 4.79 Å². The number of hydrogen-bond donors (Lipinski definition) is 0. The first kappa shape index (κ1) is 18.0. The van der Waals surface area contributed by atoms with Gasteiger partial charge in [0.05, 0.1) is 10.6 Å². The van der Waals surface area contributed by atoms with Gasteiger partial charge in [-0.25, -0.2) is 8.42 Å². The number of nitrogens with zero attached hydrogens (tertiary/aromatic N) is 1. The van der Waals surface area contributed by atoms with E-state index < -0.39 is 9.84 Å². The van der Waals surface area contributed by atoms with Gasteiger partial charge in [0.1, 0.15) is 0 Å². The number of carbonyl (C=O) groups excluding carboxylic acids is 1. The van der Waals surface area contributed by atoms with Crippen LogP contribution in [0, 0.1) is 0 Å². The third kappa shape index (κ3) is 4.82. The van der Waals surface area contributed by atoms with Crippen molar-refractivity contribution in [2.24, 2.45) is 0 Å². The number of amides is 1. The lowest BCUT2D eigenvalue weighted by molar-refractivity contribution is -0.131. The topological polar surface area (TPSA) is 54.5 Å². The Labute approximate surface area is 143 Å². The number of benzene rings is 1. The minimum atomic E-state index is -3.36. The van der Waals surface area contributed by atoms with Crippen LogP contribution in [-0.2, 0) is 14.6 Å². The van der Waals surface area contributed by atoms with E-state index in [0.29, 0.717) is 18.0 Å². The maximum atomic E-state index is 12.2. The Morgan fingerprint density at radius 2 is 1.83 bits per heavy atom. The van der Waals surface area contributed by atoms with Crippen LogP contribution in [0.5, 0.6) is 0 Å². The van der Waals surface area contributed by atoms with Crippen LogP contribution in [0.15, 0.2) is 40.3 Å². The number of halogens is 1. The highest BCUT2D eigenvalue weighted by molar-refractivity contribution is 7.91. The van der Waals surface area contributed by atoms with Crippen molar-refractivity contribution in [3.63, 3.8) is 0 Å². The maximum Gasteiger partial charge on any atom is 0.222 e. The summed E-state index contributed by atoms with van der Waals surface area (Å²) in [5, 5.41) is 0.503. The van der Waals surface area contributed by atoms with E-state index in [9.17, 15) is 13.2 Å². The predicted molar refractivity (Wildman–Crippen MR) is 92.3 cm³/mol. The summed E-state index contributed by atoms with van der Waals surface area (Å²) in [6.07, 6.45) is 1.50. The highest BCUT2D eigenvalue weighted by Gasteiger charge is 2.20. The molecule has 0 saturated carbocycles. The third-order valence-corrected chi connectivity index (χ3v) is 6.31. The maximum absolute atomic E-state index is 12.2. The molecule has 1 aromatic rings. The Kier molecular flexibility index (Phi) is 5.87. The lowest BCUT2D eigenvalue weighted by Crippen LogP contribution is -2.36. The standard InChI is InChI=1S/C17H22ClNO3S/c1-13-9-10-19(12-14(13)2)17(20)4-3-11-23(21,22)16-7-5-15(18)6-8-16/h5-8H,3-4,9-12H2,1-2H3. The Morgan fingerprint density at radius 1 is 1.17 bits per heavy atom. The molecule has 0 saturated heterocycles. The van der Waals surface area contributed by atoms with Crippen LogP contribution >= 0.6 is 11.6 Å². The zero-order valence-electron chi connectivity index (χ0n) is 13.5. The first-order valence-electron chi connectivity index (χ1n) is 7.71. The molecule has 0 N–H and O–H groups in total. The molecule has 1 amide bonds. The Balaban J connectivity index is 1.87. The van der Waals surface area contributed by atoms with Crippen molar-refractivity contribution in [3.8, 4) is 0 Å². The summed E-state index contributed by atoms with van der Waals surface area (Å²) < 4.78 is 24.4. The molecule has 2 rings (SSSR count). The van der Waals surface area contributed by atoms with Crippen LogP contribution in [0.4, 0.5) is 0 Å². The quantitative estimate of drug-likeness (QED) is 0.760. The van der Waals surface area contributed by atoms with Crippen molar-refractivity contribution in [3.05, 3.63) is 40.4 Å². The van der Waals surface area contributed by atoms with E-state index in [-0.39, 0.29) is 23.0 Å². The van der Waals surface area contributed by atoms with Crippen LogP contribution in [-0.4, -0.2) is 38.1 Å². The van der Waals surface area contributed by atoms with Crippen molar-refractivity contribution in [1.82, 2.24) is 4.90 Å². The zero-order chi connectivity index (χ0) is 17.0. The van der Waals surface area contributed by atoms with E-state index >= 15 is 0 Å². The molecule has 1 aromatic carbocycles. The number of carbonyl (C=O) groups is 1. The van der Waals surface area contributed by atoms with Crippen molar-refractivity contribution >= 4 is 27.3 Å². The smallest absolute Gasteiger partial charge is 0.222 e. The van der Waals surface area contributed by atoms with Gasteiger partial charge >= 0.3 is 0 Å². The van der Waals surface area contributed by atoms with Gasteiger partial charge in [0.2, 0.25) is 5.91 Å². The van der Waals surface area contributed by atoms with E-state index in [1.165, 1.54) is 23.3 Å². The third-order valence-electron chi connectivity index (χ3n) is 4.24. The molecule has 0 aliphatic carbocycles. The van der Waals surface area contributed by atoms with E-state index in [1.807, 2.05) is 11.8 Å². The summed E-state index contributed by atoms with van der Waals surface area (Å²) in [5.74, 6) is 0.00497. The summed E-state index contributed by atoms with van der Waals surface area (Å²) in [6.45, 7) is 5.52. The first-order chi connectivity index (χ1) is 10.8. The molecule has 23 heavy (non-hydrogen) atoms. The van der Waals surface area contributed by atoms with Crippen molar-refractivity contribution in [2.75, 3.05) is 18.8 Å². The monoisotopic (exact) mass is 355 g/mol. The summed E-state index contributed by atoms with van der Waals surface area (Å²) in [7, 11) is -3.36. The molecule has 0 spiro atoms. The van der Waals surface area contributed by atoms with Crippen molar-refractivity contribution in [1.29, 1.82) is 0 Å². The summed E-state index contributed by atoms with van der Waals surface area (Å²) >= 11 is 5.77.